The predicted molar refractivity (Wildman–Crippen MR) is 81.7 cm³/mol. The first-order valence-corrected chi connectivity index (χ1v) is 8.50. The van der Waals surface area contributed by atoms with E-state index in [1.54, 1.807) is 6.08 Å². The largest absolute Gasteiger partial charge is 0.478 e. The number of carbonyl (C=O) groups is 1. The van der Waals surface area contributed by atoms with Gasteiger partial charge in [-0.1, -0.05) is 17.7 Å². The molecule has 6 nitrogen and oxygen atoms in total. The third-order valence-electron chi connectivity index (χ3n) is 3.39. The van der Waals surface area contributed by atoms with Crippen LogP contribution in [-0.4, -0.2) is 38.2 Å². The minimum atomic E-state index is -3.82. The van der Waals surface area contributed by atoms with E-state index in [4.69, 9.17) is 21.4 Å². The first-order chi connectivity index (χ1) is 10.3. The fraction of sp³-hybridized carbons (Fsp3) is 0.357. The van der Waals surface area contributed by atoms with Gasteiger partial charge in [-0.05, 0) is 31.0 Å². The van der Waals surface area contributed by atoms with Gasteiger partial charge < -0.3 is 9.84 Å². The molecule has 0 unspecified atom stereocenters. The molecule has 2 rings (SSSR count). The molecule has 8 heteroatoms. The van der Waals surface area contributed by atoms with Gasteiger partial charge in [-0.3, -0.25) is 0 Å². The minimum absolute atomic E-state index is 0.0871. The molecular formula is C14H16ClNO5S. The first kappa shape index (κ1) is 17.0. The summed E-state index contributed by atoms with van der Waals surface area (Å²) in [7, 11) is -3.82. The van der Waals surface area contributed by atoms with Crippen LogP contribution in [0.4, 0.5) is 0 Å². The fourth-order valence-electron chi connectivity index (χ4n) is 2.27. The van der Waals surface area contributed by atoms with Crippen LogP contribution in [0.3, 0.4) is 0 Å². The molecule has 1 aliphatic rings. The van der Waals surface area contributed by atoms with Gasteiger partial charge in [0.2, 0.25) is 10.0 Å². The van der Waals surface area contributed by atoms with E-state index >= 15 is 0 Å². The highest BCUT2D eigenvalue weighted by atomic mass is 35.5. The van der Waals surface area contributed by atoms with Gasteiger partial charge in [0.1, 0.15) is 0 Å². The highest BCUT2D eigenvalue weighted by molar-refractivity contribution is 7.89. The smallest absolute Gasteiger partial charge is 0.337 e. The van der Waals surface area contributed by atoms with Crippen LogP contribution < -0.4 is 4.72 Å². The third kappa shape index (κ3) is 3.67. The van der Waals surface area contributed by atoms with Crippen molar-refractivity contribution in [2.24, 2.45) is 0 Å². The number of hydrogen-bond donors (Lipinski definition) is 2. The van der Waals surface area contributed by atoms with Gasteiger partial charge >= 0.3 is 5.97 Å². The molecule has 1 heterocycles. The number of nitrogens with one attached hydrogen (secondary N) is 1. The second-order valence-electron chi connectivity index (χ2n) is 4.89. The number of rotatable bonds is 5. The zero-order chi connectivity index (χ0) is 16.3. The standard InChI is InChI=1S/C14H16ClNO5S/c1-2-13-12(4-3-7-21-13)16-22(19,20)9-5-6-10(14(17)18)11(15)8-9/h2,5-6,8,12-13,16H,1,3-4,7H2,(H,17,18)/t12-,13+/m1/s1. The Hall–Kier alpha value is -1.41. The monoisotopic (exact) mass is 345 g/mol. The van der Waals surface area contributed by atoms with Crippen molar-refractivity contribution in [1.82, 2.24) is 4.72 Å². The van der Waals surface area contributed by atoms with Crippen LogP contribution in [0.2, 0.25) is 5.02 Å². The number of carboxylic acid groups (broad SMARTS) is 1. The second-order valence-corrected chi connectivity index (χ2v) is 7.01. The lowest BCUT2D eigenvalue weighted by molar-refractivity contribution is 0.0274. The Bertz CT molecular complexity index is 688. The van der Waals surface area contributed by atoms with E-state index < -0.39 is 28.1 Å². The summed E-state index contributed by atoms with van der Waals surface area (Å²) in [5, 5.41) is 8.78. The maximum atomic E-state index is 12.4. The predicted octanol–water partition coefficient (Wildman–Crippen LogP) is 2.05. The molecule has 0 radical (unpaired) electrons. The van der Waals surface area contributed by atoms with Gasteiger partial charge in [0, 0.05) is 6.61 Å². The van der Waals surface area contributed by atoms with Gasteiger partial charge in [0.15, 0.2) is 0 Å². The molecule has 0 aromatic heterocycles. The van der Waals surface area contributed by atoms with Crippen molar-refractivity contribution in [3.8, 4) is 0 Å². The van der Waals surface area contributed by atoms with Crippen molar-refractivity contribution in [2.75, 3.05) is 6.61 Å². The Morgan fingerprint density at radius 1 is 1.50 bits per heavy atom. The van der Waals surface area contributed by atoms with Crippen molar-refractivity contribution in [1.29, 1.82) is 0 Å². The molecule has 1 aromatic carbocycles. The molecule has 0 spiro atoms. The first-order valence-electron chi connectivity index (χ1n) is 6.64. The Kier molecular flexibility index (Phi) is 5.23. The molecule has 0 saturated carbocycles. The van der Waals surface area contributed by atoms with Gasteiger partial charge in [-0.15, -0.1) is 6.58 Å². The van der Waals surface area contributed by atoms with Crippen molar-refractivity contribution in [2.45, 2.75) is 29.9 Å². The van der Waals surface area contributed by atoms with Gasteiger partial charge in [-0.25, -0.2) is 17.9 Å². The van der Waals surface area contributed by atoms with Crippen molar-refractivity contribution in [3.05, 3.63) is 41.4 Å². The SMILES string of the molecule is C=C[C@@H]1OCCC[C@H]1NS(=O)(=O)c1ccc(C(=O)O)c(Cl)c1. The summed E-state index contributed by atoms with van der Waals surface area (Å²) in [5.41, 5.74) is -0.148. The molecule has 2 N–H and O–H groups in total. The Labute approximate surface area is 133 Å². The maximum absolute atomic E-state index is 12.4. The van der Waals surface area contributed by atoms with E-state index in [1.165, 1.54) is 12.1 Å². The molecule has 0 bridgehead atoms. The molecule has 1 aromatic rings. The van der Waals surface area contributed by atoms with Crippen LogP contribution in [0.25, 0.3) is 0 Å². The number of carboxylic acids is 1. The summed E-state index contributed by atoms with van der Waals surface area (Å²) in [4.78, 5) is 10.8. The second kappa shape index (κ2) is 6.78. The molecule has 1 fully saturated rings. The summed E-state index contributed by atoms with van der Waals surface area (Å²) in [6.07, 6.45) is 2.55. The average molecular weight is 346 g/mol. The zero-order valence-corrected chi connectivity index (χ0v) is 13.2. The quantitative estimate of drug-likeness (QED) is 0.797. The van der Waals surface area contributed by atoms with E-state index in [9.17, 15) is 13.2 Å². The summed E-state index contributed by atoms with van der Waals surface area (Å²) in [5.74, 6) is -1.21. The Morgan fingerprint density at radius 3 is 2.82 bits per heavy atom. The Balaban J connectivity index is 2.24. The van der Waals surface area contributed by atoms with Crippen molar-refractivity contribution >= 4 is 27.6 Å². The summed E-state index contributed by atoms with van der Waals surface area (Å²) >= 11 is 5.82. The number of hydrogen-bond acceptors (Lipinski definition) is 4. The lowest BCUT2D eigenvalue weighted by atomic mass is 10.0. The van der Waals surface area contributed by atoms with E-state index in [0.29, 0.717) is 13.0 Å². The topological polar surface area (TPSA) is 92.7 Å². The third-order valence-corrected chi connectivity index (χ3v) is 5.19. The normalized spacial score (nSPS) is 22.2. The fourth-order valence-corrected chi connectivity index (χ4v) is 3.90. The highest BCUT2D eigenvalue weighted by Gasteiger charge is 2.29. The van der Waals surface area contributed by atoms with Crippen LogP contribution in [0.5, 0.6) is 0 Å². The maximum Gasteiger partial charge on any atom is 0.337 e. The van der Waals surface area contributed by atoms with E-state index in [-0.39, 0.29) is 15.5 Å². The molecule has 0 amide bonds. The number of benzene rings is 1. The van der Waals surface area contributed by atoms with Crippen LogP contribution in [0, 0.1) is 0 Å². The number of ether oxygens (including phenoxy) is 1. The lowest BCUT2D eigenvalue weighted by Crippen LogP contribution is -2.46. The molecule has 1 saturated heterocycles. The molecule has 0 aliphatic carbocycles. The van der Waals surface area contributed by atoms with E-state index in [0.717, 1.165) is 12.5 Å². The lowest BCUT2D eigenvalue weighted by Gasteiger charge is -2.30. The summed E-state index contributed by atoms with van der Waals surface area (Å²) < 4.78 is 32.8. The summed E-state index contributed by atoms with van der Waals surface area (Å²) in [6, 6.07) is 3.10. The van der Waals surface area contributed by atoms with Crippen LogP contribution in [-0.2, 0) is 14.8 Å². The van der Waals surface area contributed by atoms with E-state index in [1.807, 2.05) is 0 Å². The van der Waals surface area contributed by atoms with Crippen molar-refractivity contribution in [3.63, 3.8) is 0 Å². The van der Waals surface area contributed by atoms with Crippen LogP contribution in [0.1, 0.15) is 23.2 Å². The number of halogens is 1. The molecule has 22 heavy (non-hydrogen) atoms. The molecule has 2 atom stereocenters. The van der Waals surface area contributed by atoms with Gasteiger partial charge in [0.25, 0.3) is 0 Å². The Morgan fingerprint density at radius 2 is 2.23 bits per heavy atom. The number of aromatic carboxylic acids is 1. The highest BCUT2D eigenvalue weighted by Crippen LogP contribution is 2.23. The van der Waals surface area contributed by atoms with E-state index in [2.05, 4.69) is 11.3 Å². The zero-order valence-electron chi connectivity index (χ0n) is 11.7. The molecular weight excluding hydrogens is 330 g/mol. The molecule has 120 valence electrons. The van der Waals surface area contributed by atoms with Crippen molar-refractivity contribution < 1.29 is 23.1 Å². The van der Waals surface area contributed by atoms with Crippen LogP contribution in [0.15, 0.2) is 35.7 Å². The molecule has 1 aliphatic heterocycles. The van der Waals surface area contributed by atoms with Gasteiger partial charge in [0.05, 0.1) is 27.6 Å². The number of sulfonamides is 1. The minimum Gasteiger partial charge on any atom is -0.478 e. The average Bonchev–Trinajstić information content (AvgIpc) is 2.47. The van der Waals surface area contributed by atoms with Crippen LogP contribution >= 0.6 is 11.6 Å². The summed E-state index contributed by atoms with van der Waals surface area (Å²) in [6.45, 7) is 4.20. The van der Waals surface area contributed by atoms with Gasteiger partial charge in [-0.2, -0.15) is 0 Å².